The van der Waals surface area contributed by atoms with Crippen molar-refractivity contribution in [1.29, 1.82) is 0 Å². The average molecular weight is 451 g/mol. The van der Waals surface area contributed by atoms with Crippen LogP contribution in [0, 0.1) is 5.92 Å². The number of hydrogen-bond donors (Lipinski definition) is 1. The molecular weight excluding hydrogens is 420 g/mol. The zero-order valence-corrected chi connectivity index (χ0v) is 20.1. The quantitative estimate of drug-likeness (QED) is 0.466. The molecule has 1 N–H and O–H groups in total. The van der Waals surface area contributed by atoms with E-state index in [9.17, 15) is 9.59 Å². The van der Waals surface area contributed by atoms with Crippen LogP contribution in [0.15, 0.2) is 40.5 Å². The number of nitrogens with zero attached hydrogens (tertiary/aromatic N) is 3. The number of amides is 1. The SMILES string of the molecule is C[C@H]1CCc2c(sc3ncn([C@@H](C)C(=O)N/N=C/c4ccc(C(C)(C)C)cc4)c(=O)c23)C1. The zero-order chi connectivity index (χ0) is 23.0. The van der Waals surface area contributed by atoms with Crippen LogP contribution in [-0.4, -0.2) is 21.7 Å². The van der Waals surface area contributed by atoms with Crippen molar-refractivity contribution >= 4 is 33.7 Å². The number of carbonyl (C=O) groups is 1. The number of aromatic nitrogens is 2. The van der Waals surface area contributed by atoms with E-state index in [1.807, 2.05) is 12.1 Å². The third-order valence-corrected chi connectivity index (χ3v) is 7.36. The number of benzene rings is 1. The number of nitrogens with one attached hydrogen (secondary N) is 1. The molecule has 0 saturated heterocycles. The van der Waals surface area contributed by atoms with Gasteiger partial charge >= 0.3 is 0 Å². The van der Waals surface area contributed by atoms with Gasteiger partial charge in [0, 0.05) is 4.88 Å². The van der Waals surface area contributed by atoms with Gasteiger partial charge in [-0.1, -0.05) is 52.0 Å². The van der Waals surface area contributed by atoms with Gasteiger partial charge in [-0.05, 0) is 54.2 Å². The van der Waals surface area contributed by atoms with Gasteiger partial charge in [-0.15, -0.1) is 11.3 Å². The first kappa shape index (κ1) is 22.4. The van der Waals surface area contributed by atoms with Crippen molar-refractivity contribution in [3.63, 3.8) is 0 Å². The fraction of sp³-hybridized carbons (Fsp3) is 0.440. The van der Waals surface area contributed by atoms with E-state index in [0.717, 1.165) is 35.2 Å². The van der Waals surface area contributed by atoms with E-state index >= 15 is 0 Å². The Bertz CT molecular complexity index is 1230. The maximum atomic E-state index is 13.2. The summed E-state index contributed by atoms with van der Waals surface area (Å²) in [5, 5.41) is 4.76. The summed E-state index contributed by atoms with van der Waals surface area (Å²) < 4.78 is 1.41. The molecule has 0 bridgehead atoms. The topological polar surface area (TPSA) is 76.3 Å². The highest BCUT2D eigenvalue weighted by molar-refractivity contribution is 7.18. The number of hydrazone groups is 1. The van der Waals surface area contributed by atoms with Crippen molar-refractivity contribution in [3.05, 3.63) is 62.5 Å². The van der Waals surface area contributed by atoms with Crippen LogP contribution in [0.3, 0.4) is 0 Å². The Morgan fingerprint density at radius 1 is 1.31 bits per heavy atom. The molecule has 0 unspecified atom stereocenters. The third kappa shape index (κ3) is 4.39. The fourth-order valence-corrected chi connectivity index (χ4v) is 5.42. The van der Waals surface area contributed by atoms with E-state index in [1.54, 1.807) is 24.5 Å². The number of rotatable bonds is 4. The molecule has 3 aromatic rings. The summed E-state index contributed by atoms with van der Waals surface area (Å²) in [7, 11) is 0. The molecule has 2 aromatic heterocycles. The Morgan fingerprint density at radius 2 is 2.03 bits per heavy atom. The second-order valence-electron chi connectivity index (χ2n) is 9.77. The molecule has 4 rings (SSSR count). The van der Waals surface area contributed by atoms with Gasteiger partial charge in [-0.25, -0.2) is 10.4 Å². The average Bonchev–Trinajstić information content (AvgIpc) is 3.11. The molecule has 6 nitrogen and oxygen atoms in total. The largest absolute Gasteiger partial charge is 0.286 e. The summed E-state index contributed by atoms with van der Waals surface area (Å²) in [5.74, 6) is 0.276. The lowest BCUT2D eigenvalue weighted by molar-refractivity contribution is -0.123. The zero-order valence-electron chi connectivity index (χ0n) is 19.3. The second-order valence-corrected chi connectivity index (χ2v) is 10.9. The molecule has 0 radical (unpaired) electrons. The molecule has 1 aliphatic carbocycles. The van der Waals surface area contributed by atoms with Gasteiger partial charge in [-0.2, -0.15) is 5.10 Å². The predicted octanol–water partition coefficient (Wildman–Crippen LogP) is 4.59. The number of hydrogen-bond acceptors (Lipinski definition) is 5. The molecular formula is C25H30N4O2S. The predicted molar refractivity (Wildman–Crippen MR) is 131 cm³/mol. The number of thiophene rings is 1. The highest BCUT2D eigenvalue weighted by Crippen LogP contribution is 2.35. The van der Waals surface area contributed by atoms with Gasteiger partial charge in [0.05, 0.1) is 17.9 Å². The summed E-state index contributed by atoms with van der Waals surface area (Å²) in [6.07, 6.45) is 6.06. The molecule has 1 aliphatic rings. The Labute approximate surface area is 192 Å². The highest BCUT2D eigenvalue weighted by atomic mass is 32.1. The minimum absolute atomic E-state index is 0.0850. The summed E-state index contributed by atoms with van der Waals surface area (Å²) in [5.41, 5.74) is 5.75. The van der Waals surface area contributed by atoms with Crippen molar-refractivity contribution in [1.82, 2.24) is 15.0 Å². The monoisotopic (exact) mass is 450 g/mol. The van der Waals surface area contributed by atoms with Gasteiger partial charge in [0.1, 0.15) is 10.9 Å². The number of fused-ring (bicyclic) bond motifs is 3. The van der Waals surface area contributed by atoms with Crippen LogP contribution in [-0.2, 0) is 23.1 Å². The lowest BCUT2D eigenvalue weighted by Crippen LogP contribution is -2.34. The normalized spacial score (nSPS) is 17.5. The summed E-state index contributed by atoms with van der Waals surface area (Å²) >= 11 is 1.61. The smallest absolute Gasteiger partial charge is 0.263 e. The van der Waals surface area contributed by atoms with E-state index in [0.29, 0.717) is 11.3 Å². The van der Waals surface area contributed by atoms with Crippen molar-refractivity contribution in [2.45, 2.75) is 65.3 Å². The summed E-state index contributed by atoms with van der Waals surface area (Å²) in [6.45, 7) is 10.4. The second kappa shape index (κ2) is 8.62. The molecule has 2 atom stereocenters. The molecule has 168 valence electrons. The lowest BCUT2D eigenvalue weighted by atomic mass is 9.87. The van der Waals surface area contributed by atoms with E-state index in [2.05, 4.69) is 55.3 Å². The van der Waals surface area contributed by atoms with E-state index in [1.165, 1.54) is 21.3 Å². The van der Waals surface area contributed by atoms with Gasteiger partial charge in [0.15, 0.2) is 0 Å². The standard InChI is InChI=1S/C25H30N4O2S/c1-15-6-11-19-20(12-15)32-23-21(19)24(31)29(14-26-23)16(2)22(30)28-27-13-17-7-9-18(10-8-17)25(3,4)5/h7-10,13-16H,6,11-12H2,1-5H3,(H,28,30)/b27-13+/t15-,16-/m0/s1. The maximum absolute atomic E-state index is 13.2. The maximum Gasteiger partial charge on any atom is 0.263 e. The Hall–Kier alpha value is -2.80. The van der Waals surface area contributed by atoms with Crippen LogP contribution < -0.4 is 11.0 Å². The molecule has 32 heavy (non-hydrogen) atoms. The summed E-state index contributed by atoms with van der Waals surface area (Å²) in [6, 6.07) is 7.37. The molecule has 0 saturated carbocycles. The first-order chi connectivity index (χ1) is 15.1. The number of carbonyl (C=O) groups excluding carboxylic acids is 1. The minimum Gasteiger partial charge on any atom is -0.286 e. The molecule has 0 fully saturated rings. The van der Waals surface area contributed by atoms with E-state index in [4.69, 9.17) is 0 Å². The molecule has 0 aliphatic heterocycles. The molecule has 0 spiro atoms. The Balaban J connectivity index is 1.50. The Morgan fingerprint density at radius 3 is 2.72 bits per heavy atom. The minimum atomic E-state index is -0.710. The first-order valence-corrected chi connectivity index (χ1v) is 11.9. The van der Waals surface area contributed by atoms with Crippen molar-refractivity contribution in [2.75, 3.05) is 0 Å². The molecule has 1 amide bonds. The van der Waals surface area contributed by atoms with Gasteiger partial charge in [0.2, 0.25) is 0 Å². The van der Waals surface area contributed by atoms with Crippen LogP contribution in [0.4, 0.5) is 0 Å². The van der Waals surface area contributed by atoms with Crippen LogP contribution in [0.1, 0.15) is 68.6 Å². The molecule has 2 heterocycles. The van der Waals surface area contributed by atoms with Crippen LogP contribution in [0.2, 0.25) is 0 Å². The van der Waals surface area contributed by atoms with Crippen molar-refractivity contribution < 1.29 is 4.79 Å². The van der Waals surface area contributed by atoms with Crippen LogP contribution >= 0.6 is 11.3 Å². The van der Waals surface area contributed by atoms with Crippen LogP contribution in [0.25, 0.3) is 10.2 Å². The van der Waals surface area contributed by atoms with Gasteiger partial charge < -0.3 is 0 Å². The van der Waals surface area contributed by atoms with Gasteiger partial charge in [0.25, 0.3) is 11.5 Å². The van der Waals surface area contributed by atoms with Crippen molar-refractivity contribution in [2.24, 2.45) is 11.0 Å². The Kier molecular flexibility index (Phi) is 6.03. The highest BCUT2D eigenvalue weighted by Gasteiger charge is 2.25. The number of aryl methyl sites for hydroxylation is 1. The van der Waals surface area contributed by atoms with E-state index < -0.39 is 6.04 Å². The lowest BCUT2D eigenvalue weighted by Gasteiger charge is -2.18. The third-order valence-electron chi connectivity index (χ3n) is 6.20. The molecule has 1 aromatic carbocycles. The van der Waals surface area contributed by atoms with Gasteiger partial charge in [-0.3, -0.25) is 14.2 Å². The fourth-order valence-electron chi connectivity index (χ4n) is 4.08. The van der Waals surface area contributed by atoms with Crippen LogP contribution in [0.5, 0.6) is 0 Å². The first-order valence-electron chi connectivity index (χ1n) is 11.1. The summed E-state index contributed by atoms with van der Waals surface area (Å²) in [4.78, 5) is 32.4. The van der Waals surface area contributed by atoms with Crippen molar-refractivity contribution in [3.8, 4) is 0 Å². The molecule has 7 heteroatoms. The van der Waals surface area contributed by atoms with E-state index in [-0.39, 0.29) is 16.9 Å².